The minimum absolute atomic E-state index is 0.00342. The van der Waals surface area contributed by atoms with Crippen LogP contribution in [0.3, 0.4) is 0 Å². The van der Waals surface area contributed by atoms with E-state index in [1.165, 1.54) is 11.8 Å². The van der Waals surface area contributed by atoms with Crippen molar-refractivity contribution in [1.29, 1.82) is 0 Å². The van der Waals surface area contributed by atoms with Gasteiger partial charge < -0.3 is 9.84 Å². The Morgan fingerprint density at radius 1 is 1.22 bits per heavy atom. The Balaban J connectivity index is 1.38. The third kappa shape index (κ3) is 6.30. The number of aliphatic hydroxyl groups is 1. The molecule has 1 N–H and O–H groups in total. The summed E-state index contributed by atoms with van der Waals surface area (Å²) < 4.78 is 6.49. The van der Waals surface area contributed by atoms with Gasteiger partial charge in [-0.25, -0.2) is 0 Å². The number of hydrogen-bond acceptors (Lipinski definition) is 6. The van der Waals surface area contributed by atoms with Gasteiger partial charge in [0.25, 0.3) is 0 Å². The van der Waals surface area contributed by atoms with Gasteiger partial charge in [-0.15, -0.1) is 11.3 Å². The van der Waals surface area contributed by atoms with Gasteiger partial charge in [-0.05, 0) is 31.2 Å². The molecule has 0 radical (unpaired) electrons. The molecule has 1 aliphatic rings. The number of hydrogen-bond donors (Lipinski definition) is 1. The summed E-state index contributed by atoms with van der Waals surface area (Å²) in [5.41, 5.74) is 0.616. The summed E-state index contributed by atoms with van der Waals surface area (Å²) in [5.74, 6) is 0.616. The minimum atomic E-state index is -0.561. The predicted molar refractivity (Wildman–Crippen MR) is 109 cm³/mol. The monoisotopic (exact) mass is 408 g/mol. The fourth-order valence-electron chi connectivity index (χ4n) is 3.14. The van der Waals surface area contributed by atoms with E-state index in [1.807, 2.05) is 6.07 Å². The lowest BCUT2D eigenvalue weighted by atomic mass is 10.1. The van der Waals surface area contributed by atoms with E-state index >= 15 is 0 Å². The summed E-state index contributed by atoms with van der Waals surface area (Å²) in [4.78, 5) is 17.4. The van der Waals surface area contributed by atoms with Crippen LogP contribution >= 0.6 is 22.9 Å². The highest BCUT2D eigenvalue weighted by Gasteiger charge is 2.20. The van der Waals surface area contributed by atoms with Crippen LogP contribution in [0.2, 0.25) is 4.34 Å². The van der Waals surface area contributed by atoms with Crippen LogP contribution in [0.4, 0.5) is 0 Å². The second-order valence-corrected chi connectivity index (χ2v) is 8.63. The van der Waals surface area contributed by atoms with Crippen molar-refractivity contribution in [3.05, 3.63) is 51.2 Å². The van der Waals surface area contributed by atoms with Crippen LogP contribution < -0.4 is 4.74 Å². The average molecular weight is 409 g/mol. The Morgan fingerprint density at radius 3 is 2.63 bits per heavy atom. The van der Waals surface area contributed by atoms with E-state index in [2.05, 4.69) is 15.9 Å². The summed E-state index contributed by atoms with van der Waals surface area (Å²) >= 11 is 7.62. The highest BCUT2D eigenvalue weighted by atomic mass is 35.5. The summed E-state index contributed by atoms with van der Waals surface area (Å²) in [7, 11) is 0. The number of Topliss-reactive ketones (excluding diaryl/α,β-unsaturated/α-hetero) is 1. The molecule has 0 bridgehead atoms. The van der Waals surface area contributed by atoms with E-state index in [4.69, 9.17) is 16.3 Å². The van der Waals surface area contributed by atoms with Crippen molar-refractivity contribution in [1.82, 2.24) is 9.80 Å². The van der Waals surface area contributed by atoms with Crippen LogP contribution in [0.1, 0.15) is 22.2 Å². The van der Waals surface area contributed by atoms with Crippen molar-refractivity contribution in [2.75, 3.05) is 39.3 Å². The van der Waals surface area contributed by atoms with Crippen molar-refractivity contribution in [3.8, 4) is 5.75 Å². The van der Waals surface area contributed by atoms with Crippen LogP contribution in [0, 0.1) is 0 Å². The molecule has 0 unspecified atom stereocenters. The first-order chi connectivity index (χ1) is 13.0. The lowest BCUT2D eigenvalue weighted by Gasteiger charge is -2.35. The lowest BCUT2D eigenvalue weighted by Crippen LogP contribution is -2.48. The molecule has 1 atom stereocenters. The van der Waals surface area contributed by atoms with E-state index in [-0.39, 0.29) is 12.4 Å². The first-order valence-corrected chi connectivity index (χ1v) is 10.3. The second-order valence-electron chi connectivity index (χ2n) is 6.83. The molecule has 0 amide bonds. The van der Waals surface area contributed by atoms with Gasteiger partial charge in [-0.1, -0.05) is 23.7 Å². The molecule has 3 rings (SSSR count). The van der Waals surface area contributed by atoms with Gasteiger partial charge in [0, 0.05) is 49.7 Å². The molecule has 146 valence electrons. The SMILES string of the molecule is CC(=O)c1cccc(OC[C@H](O)CN2CCN(Cc3ccc(Cl)s3)CC2)c1. The van der Waals surface area contributed by atoms with Gasteiger partial charge in [-0.3, -0.25) is 14.6 Å². The normalized spacial score (nSPS) is 17.0. The highest BCUT2D eigenvalue weighted by molar-refractivity contribution is 7.16. The van der Waals surface area contributed by atoms with E-state index in [0.29, 0.717) is 17.9 Å². The molecule has 1 aromatic carbocycles. The maximum absolute atomic E-state index is 11.4. The molecular weight excluding hydrogens is 384 g/mol. The van der Waals surface area contributed by atoms with E-state index in [0.717, 1.165) is 37.1 Å². The van der Waals surface area contributed by atoms with Gasteiger partial charge in [-0.2, -0.15) is 0 Å². The highest BCUT2D eigenvalue weighted by Crippen LogP contribution is 2.23. The average Bonchev–Trinajstić information content (AvgIpc) is 3.06. The quantitative estimate of drug-likeness (QED) is 0.680. The molecule has 27 heavy (non-hydrogen) atoms. The number of ketones is 1. The Bertz CT molecular complexity index is 759. The van der Waals surface area contributed by atoms with Crippen molar-refractivity contribution in [2.45, 2.75) is 19.6 Å². The molecule has 0 aliphatic carbocycles. The van der Waals surface area contributed by atoms with Crippen LogP contribution in [-0.2, 0) is 6.54 Å². The number of nitrogens with zero attached hydrogens (tertiary/aromatic N) is 2. The van der Waals surface area contributed by atoms with E-state index in [9.17, 15) is 9.90 Å². The molecule has 0 spiro atoms. The van der Waals surface area contributed by atoms with Gasteiger partial charge in [0.2, 0.25) is 0 Å². The molecule has 1 aromatic heterocycles. The molecule has 1 fully saturated rings. The van der Waals surface area contributed by atoms with E-state index < -0.39 is 6.10 Å². The van der Waals surface area contributed by atoms with Gasteiger partial charge >= 0.3 is 0 Å². The summed E-state index contributed by atoms with van der Waals surface area (Å²) in [5, 5.41) is 10.3. The van der Waals surface area contributed by atoms with Gasteiger partial charge in [0.1, 0.15) is 18.5 Å². The van der Waals surface area contributed by atoms with Crippen molar-refractivity contribution >= 4 is 28.7 Å². The third-order valence-electron chi connectivity index (χ3n) is 4.63. The first-order valence-electron chi connectivity index (χ1n) is 9.10. The second kappa shape index (κ2) is 9.66. The molecule has 2 aromatic rings. The van der Waals surface area contributed by atoms with E-state index in [1.54, 1.807) is 35.6 Å². The number of halogens is 1. The number of β-amino-alcohol motifs (C(OH)–C–C–N with tert-alkyl or cyclic N) is 1. The Hall–Kier alpha value is -1.44. The van der Waals surface area contributed by atoms with Crippen LogP contribution in [0.25, 0.3) is 0 Å². The molecule has 5 nitrogen and oxygen atoms in total. The summed E-state index contributed by atoms with van der Waals surface area (Å²) in [6.07, 6.45) is -0.561. The number of aliphatic hydroxyl groups excluding tert-OH is 1. The number of benzene rings is 1. The number of rotatable bonds is 8. The number of ether oxygens (including phenoxy) is 1. The third-order valence-corrected chi connectivity index (χ3v) is 5.84. The zero-order valence-electron chi connectivity index (χ0n) is 15.4. The standard InChI is InChI=1S/C20H25ClN2O3S/c1-15(24)16-3-2-4-18(11-16)26-14-17(25)12-22-7-9-23(10-8-22)13-19-5-6-20(21)27-19/h2-6,11,17,25H,7-10,12-14H2,1H3/t17-/m1/s1. The maximum atomic E-state index is 11.4. The fraction of sp³-hybridized carbons (Fsp3) is 0.450. The molecule has 1 saturated heterocycles. The molecule has 1 aliphatic heterocycles. The van der Waals surface area contributed by atoms with Crippen molar-refractivity contribution < 1.29 is 14.6 Å². The number of piperazine rings is 1. The largest absolute Gasteiger partial charge is 0.491 e. The minimum Gasteiger partial charge on any atom is -0.491 e. The topological polar surface area (TPSA) is 53.0 Å². The number of carbonyl (C=O) groups excluding carboxylic acids is 1. The summed E-state index contributed by atoms with van der Waals surface area (Å²) in [6, 6.07) is 11.1. The van der Waals surface area contributed by atoms with Gasteiger partial charge in [0.05, 0.1) is 4.34 Å². The van der Waals surface area contributed by atoms with Crippen molar-refractivity contribution in [3.63, 3.8) is 0 Å². The molecular formula is C20H25ClN2O3S. The Kier molecular flexibility index (Phi) is 7.26. The lowest BCUT2D eigenvalue weighted by molar-refractivity contribution is 0.0448. The van der Waals surface area contributed by atoms with Crippen LogP contribution in [-0.4, -0.2) is 66.1 Å². The predicted octanol–water partition coefficient (Wildman–Crippen LogP) is 3.16. The first kappa shape index (κ1) is 20.3. The molecule has 0 saturated carbocycles. The van der Waals surface area contributed by atoms with Crippen LogP contribution in [0.5, 0.6) is 5.75 Å². The Labute approximate surface area is 169 Å². The fourth-order valence-corrected chi connectivity index (χ4v) is 4.27. The van der Waals surface area contributed by atoms with Gasteiger partial charge in [0.15, 0.2) is 5.78 Å². The zero-order chi connectivity index (χ0) is 19.2. The maximum Gasteiger partial charge on any atom is 0.159 e. The summed E-state index contributed by atoms with van der Waals surface area (Å²) in [6.45, 7) is 7.07. The zero-order valence-corrected chi connectivity index (χ0v) is 17.0. The Morgan fingerprint density at radius 2 is 1.96 bits per heavy atom. The molecule has 2 heterocycles. The van der Waals surface area contributed by atoms with Crippen molar-refractivity contribution in [2.24, 2.45) is 0 Å². The number of thiophene rings is 1. The smallest absolute Gasteiger partial charge is 0.159 e. The number of carbonyl (C=O) groups is 1. The molecule has 7 heteroatoms. The van der Waals surface area contributed by atoms with Crippen LogP contribution in [0.15, 0.2) is 36.4 Å².